The molecule has 0 aromatic carbocycles. The number of aliphatic hydroxyl groups is 1. The van der Waals surface area contributed by atoms with Crippen molar-refractivity contribution in [3.05, 3.63) is 0 Å². The van der Waals surface area contributed by atoms with E-state index in [2.05, 4.69) is 11.8 Å². The quantitative estimate of drug-likeness (QED) is 0.774. The minimum Gasteiger partial charge on any atom is -0.396 e. The van der Waals surface area contributed by atoms with Gasteiger partial charge in [-0.3, -0.25) is 4.79 Å². The van der Waals surface area contributed by atoms with Gasteiger partial charge in [0.15, 0.2) is 0 Å². The van der Waals surface area contributed by atoms with Gasteiger partial charge < -0.3 is 19.6 Å². The van der Waals surface area contributed by atoms with E-state index in [9.17, 15) is 9.90 Å². The maximum absolute atomic E-state index is 12.9. The largest absolute Gasteiger partial charge is 0.396 e. The minimum absolute atomic E-state index is 0.0537. The summed E-state index contributed by atoms with van der Waals surface area (Å²) in [4.78, 5) is 17.3. The molecule has 2 aliphatic rings. The monoisotopic (exact) mass is 326 g/mol. The summed E-state index contributed by atoms with van der Waals surface area (Å²) >= 11 is 0. The second-order valence-electron chi connectivity index (χ2n) is 7.38. The number of rotatable bonds is 7. The summed E-state index contributed by atoms with van der Waals surface area (Å²) in [6.45, 7) is 7.70. The van der Waals surface area contributed by atoms with Crippen molar-refractivity contribution in [2.45, 2.75) is 45.4 Å². The second-order valence-corrected chi connectivity index (χ2v) is 7.38. The van der Waals surface area contributed by atoms with Gasteiger partial charge in [0, 0.05) is 38.1 Å². The summed E-state index contributed by atoms with van der Waals surface area (Å²) < 4.78 is 5.13. The molecule has 2 aliphatic heterocycles. The Morgan fingerprint density at radius 1 is 1.30 bits per heavy atom. The molecule has 2 fully saturated rings. The highest BCUT2D eigenvalue weighted by Gasteiger charge is 2.38. The molecule has 1 N–H and O–H groups in total. The van der Waals surface area contributed by atoms with Crippen molar-refractivity contribution >= 4 is 5.91 Å². The van der Waals surface area contributed by atoms with Crippen molar-refractivity contribution in [1.29, 1.82) is 0 Å². The molecule has 5 nitrogen and oxygen atoms in total. The molecule has 0 aliphatic carbocycles. The number of likely N-dealkylation sites (tertiary alicyclic amines) is 2. The van der Waals surface area contributed by atoms with Gasteiger partial charge in [0.05, 0.1) is 13.2 Å². The van der Waals surface area contributed by atoms with Crippen molar-refractivity contribution in [2.75, 3.05) is 53.0 Å². The molecule has 1 amide bonds. The average molecular weight is 326 g/mol. The molecule has 2 saturated heterocycles. The highest BCUT2D eigenvalue weighted by atomic mass is 16.5. The first-order valence-electron chi connectivity index (χ1n) is 9.25. The van der Waals surface area contributed by atoms with Gasteiger partial charge >= 0.3 is 0 Å². The molecular weight excluding hydrogens is 292 g/mol. The average Bonchev–Trinajstić information content (AvgIpc) is 2.60. The Morgan fingerprint density at radius 3 is 2.65 bits per heavy atom. The van der Waals surface area contributed by atoms with E-state index in [-0.39, 0.29) is 17.9 Å². The van der Waals surface area contributed by atoms with Crippen molar-refractivity contribution in [3.8, 4) is 0 Å². The van der Waals surface area contributed by atoms with Crippen LogP contribution < -0.4 is 0 Å². The van der Waals surface area contributed by atoms with Gasteiger partial charge in [0.1, 0.15) is 0 Å². The number of methoxy groups -OCH3 is 1. The molecule has 0 bridgehead atoms. The summed E-state index contributed by atoms with van der Waals surface area (Å²) in [5.74, 6) is 0.495. The van der Waals surface area contributed by atoms with E-state index in [1.165, 1.54) is 0 Å². The Kier molecular flexibility index (Phi) is 7.31. The van der Waals surface area contributed by atoms with E-state index >= 15 is 0 Å². The number of amides is 1. The van der Waals surface area contributed by atoms with Gasteiger partial charge in [-0.15, -0.1) is 0 Å². The maximum Gasteiger partial charge on any atom is 0.225 e. The zero-order valence-electron chi connectivity index (χ0n) is 14.9. The third-order valence-electron chi connectivity index (χ3n) is 5.64. The maximum atomic E-state index is 12.9. The fourth-order valence-electron chi connectivity index (χ4n) is 4.22. The van der Waals surface area contributed by atoms with E-state index in [1.807, 2.05) is 4.90 Å². The zero-order chi connectivity index (χ0) is 16.7. The van der Waals surface area contributed by atoms with E-state index in [0.29, 0.717) is 5.91 Å². The third-order valence-corrected chi connectivity index (χ3v) is 5.64. The van der Waals surface area contributed by atoms with Crippen LogP contribution in [0.25, 0.3) is 0 Å². The normalized spacial score (nSPS) is 27.3. The molecule has 5 heteroatoms. The van der Waals surface area contributed by atoms with E-state index in [4.69, 9.17) is 4.74 Å². The Hall–Kier alpha value is -0.650. The van der Waals surface area contributed by atoms with Crippen LogP contribution in [0.3, 0.4) is 0 Å². The predicted molar refractivity (Wildman–Crippen MR) is 91.3 cm³/mol. The van der Waals surface area contributed by atoms with Crippen molar-refractivity contribution in [3.63, 3.8) is 0 Å². The molecule has 134 valence electrons. The van der Waals surface area contributed by atoms with Crippen LogP contribution in [0.4, 0.5) is 0 Å². The molecule has 0 spiro atoms. The van der Waals surface area contributed by atoms with Gasteiger partial charge in [-0.2, -0.15) is 0 Å². The summed E-state index contributed by atoms with van der Waals surface area (Å²) in [5, 5.41) is 9.84. The van der Waals surface area contributed by atoms with E-state index in [1.54, 1.807) is 7.11 Å². The first-order chi connectivity index (χ1) is 11.1. The summed E-state index contributed by atoms with van der Waals surface area (Å²) in [6, 6.07) is 0. The molecule has 0 aromatic heterocycles. The van der Waals surface area contributed by atoms with Crippen LogP contribution in [0.1, 0.15) is 45.4 Å². The fraction of sp³-hybridized carbons (Fsp3) is 0.944. The molecular formula is C18H34N2O3. The van der Waals surface area contributed by atoms with Gasteiger partial charge in [0.25, 0.3) is 0 Å². The smallest absolute Gasteiger partial charge is 0.225 e. The molecule has 2 heterocycles. The Morgan fingerprint density at radius 2 is 2.04 bits per heavy atom. The number of nitrogens with zero attached hydrogens (tertiary/aromatic N) is 2. The molecule has 0 radical (unpaired) electrons. The van der Waals surface area contributed by atoms with Crippen molar-refractivity contribution in [2.24, 2.45) is 11.3 Å². The zero-order valence-corrected chi connectivity index (χ0v) is 14.9. The second kappa shape index (κ2) is 9.00. The lowest BCUT2D eigenvalue weighted by atomic mass is 9.76. The highest BCUT2D eigenvalue weighted by molar-refractivity contribution is 5.79. The van der Waals surface area contributed by atoms with Crippen LogP contribution in [0.2, 0.25) is 0 Å². The first kappa shape index (κ1) is 18.7. The van der Waals surface area contributed by atoms with Crippen LogP contribution in [-0.4, -0.2) is 73.9 Å². The number of piperidine rings is 2. The standard InChI is InChI=1S/C18H34N2O3/c1-3-7-18(15-21)8-4-9-20(14-18)17(22)16-5-10-19(11-6-16)12-13-23-2/h16,21H,3-15H2,1-2H3/t18-/m1/s1. The topological polar surface area (TPSA) is 53.0 Å². The number of aliphatic hydroxyl groups excluding tert-OH is 1. The summed E-state index contributed by atoms with van der Waals surface area (Å²) in [6.07, 6.45) is 6.08. The lowest BCUT2D eigenvalue weighted by Crippen LogP contribution is -2.51. The van der Waals surface area contributed by atoms with Crippen LogP contribution in [0.15, 0.2) is 0 Å². The van der Waals surface area contributed by atoms with Crippen LogP contribution in [0.5, 0.6) is 0 Å². The number of ether oxygens (including phenoxy) is 1. The lowest BCUT2D eigenvalue weighted by molar-refractivity contribution is -0.141. The highest BCUT2D eigenvalue weighted by Crippen LogP contribution is 2.35. The first-order valence-corrected chi connectivity index (χ1v) is 9.25. The van der Waals surface area contributed by atoms with E-state index < -0.39 is 0 Å². The Balaban J connectivity index is 1.85. The number of hydrogen-bond donors (Lipinski definition) is 1. The summed E-state index contributed by atoms with van der Waals surface area (Å²) in [5.41, 5.74) is -0.0537. The Labute approximate surface area is 141 Å². The third kappa shape index (κ3) is 4.91. The number of carbonyl (C=O) groups excluding carboxylic acids is 1. The number of hydrogen-bond acceptors (Lipinski definition) is 4. The molecule has 23 heavy (non-hydrogen) atoms. The van der Waals surface area contributed by atoms with Crippen LogP contribution >= 0.6 is 0 Å². The molecule has 0 saturated carbocycles. The Bertz CT molecular complexity index is 365. The van der Waals surface area contributed by atoms with E-state index in [0.717, 1.165) is 77.9 Å². The van der Waals surface area contributed by atoms with Gasteiger partial charge in [-0.05, 0) is 45.2 Å². The number of carbonyl (C=O) groups is 1. The molecule has 0 unspecified atom stereocenters. The van der Waals surface area contributed by atoms with Crippen molar-refractivity contribution < 1.29 is 14.6 Å². The van der Waals surface area contributed by atoms with Crippen LogP contribution in [-0.2, 0) is 9.53 Å². The fourth-order valence-corrected chi connectivity index (χ4v) is 4.22. The van der Waals surface area contributed by atoms with Gasteiger partial charge in [-0.25, -0.2) is 0 Å². The van der Waals surface area contributed by atoms with Crippen molar-refractivity contribution in [1.82, 2.24) is 9.80 Å². The van der Waals surface area contributed by atoms with Gasteiger partial charge in [-0.1, -0.05) is 13.3 Å². The lowest BCUT2D eigenvalue weighted by Gasteiger charge is -2.43. The predicted octanol–water partition coefficient (Wildman–Crippen LogP) is 1.75. The van der Waals surface area contributed by atoms with Gasteiger partial charge in [0.2, 0.25) is 5.91 Å². The minimum atomic E-state index is -0.0537. The van der Waals surface area contributed by atoms with Crippen LogP contribution in [0, 0.1) is 11.3 Å². The molecule has 0 aromatic rings. The summed E-state index contributed by atoms with van der Waals surface area (Å²) in [7, 11) is 1.73. The SMILES string of the molecule is CCC[C@@]1(CO)CCCN(C(=O)C2CCN(CCOC)CC2)C1. The molecule has 1 atom stereocenters. The molecule has 2 rings (SSSR count).